The standard InChI is InChI=1S/C22H25FN4O2/c1-13-14(2)29-22-19(13)20(25-15(3)26-22)27-9-5-7-17(12-27)21(28)24-11-16-6-4-8-18(23)10-16/h4,6,8,10,17H,5,7,9,11-12H2,1-3H3,(H,24,28)/t17-/m0/s1. The maximum Gasteiger partial charge on any atom is 0.231 e. The van der Waals surface area contributed by atoms with Gasteiger partial charge in [0.1, 0.15) is 23.2 Å². The molecule has 6 nitrogen and oxygen atoms in total. The summed E-state index contributed by atoms with van der Waals surface area (Å²) in [5, 5.41) is 3.87. The molecule has 0 saturated carbocycles. The van der Waals surface area contributed by atoms with Crippen molar-refractivity contribution in [1.82, 2.24) is 15.3 Å². The van der Waals surface area contributed by atoms with Crippen LogP contribution in [0.2, 0.25) is 0 Å². The quantitative estimate of drug-likeness (QED) is 0.726. The van der Waals surface area contributed by atoms with Gasteiger partial charge in [-0.15, -0.1) is 0 Å². The number of nitrogens with one attached hydrogen (secondary N) is 1. The molecule has 1 atom stereocenters. The number of hydrogen-bond acceptors (Lipinski definition) is 5. The van der Waals surface area contributed by atoms with Crippen molar-refractivity contribution >= 4 is 22.8 Å². The fourth-order valence-corrected chi connectivity index (χ4v) is 3.93. The molecule has 1 aliphatic heterocycles. The Morgan fingerprint density at radius 3 is 2.93 bits per heavy atom. The van der Waals surface area contributed by atoms with Crippen LogP contribution in [0, 0.1) is 32.5 Å². The second-order valence-electron chi connectivity index (χ2n) is 7.69. The Hall–Kier alpha value is -2.96. The van der Waals surface area contributed by atoms with E-state index in [0.717, 1.165) is 47.5 Å². The van der Waals surface area contributed by atoms with Crippen molar-refractivity contribution in [3.8, 4) is 0 Å². The Balaban J connectivity index is 1.51. The van der Waals surface area contributed by atoms with Gasteiger partial charge in [-0.3, -0.25) is 4.79 Å². The lowest BCUT2D eigenvalue weighted by Crippen LogP contribution is -2.43. The summed E-state index contributed by atoms with van der Waals surface area (Å²) >= 11 is 0. The summed E-state index contributed by atoms with van der Waals surface area (Å²) in [4.78, 5) is 24.0. The highest BCUT2D eigenvalue weighted by Crippen LogP contribution is 2.33. The summed E-state index contributed by atoms with van der Waals surface area (Å²) in [5.41, 5.74) is 2.39. The molecule has 1 N–H and O–H groups in total. The molecule has 0 unspecified atom stereocenters. The number of hydrogen-bond donors (Lipinski definition) is 1. The normalized spacial score (nSPS) is 17.0. The highest BCUT2D eigenvalue weighted by molar-refractivity contribution is 5.90. The minimum Gasteiger partial charge on any atom is -0.443 e. The minimum atomic E-state index is -0.297. The molecule has 3 heterocycles. The highest BCUT2D eigenvalue weighted by atomic mass is 19.1. The van der Waals surface area contributed by atoms with E-state index in [1.807, 2.05) is 20.8 Å². The van der Waals surface area contributed by atoms with Crippen LogP contribution in [0.5, 0.6) is 0 Å². The van der Waals surface area contributed by atoms with Gasteiger partial charge < -0.3 is 14.6 Å². The van der Waals surface area contributed by atoms with Crippen LogP contribution in [-0.2, 0) is 11.3 Å². The molecule has 152 valence electrons. The first-order chi connectivity index (χ1) is 13.9. The fourth-order valence-electron chi connectivity index (χ4n) is 3.93. The molecule has 7 heteroatoms. The minimum absolute atomic E-state index is 0.0129. The Morgan fingerprint density at radius 1 is 1.31 bits per heavy atom. The molecule has 1 aliphatic rings. The first-order valence-corrected chi connectivity index (χ1v) is 9.94. The molecule has 1 saturated heterocycles. The summed E-state index contributed by atoms with van der Waals surface area (Å²) in [6.45, 7) is 7.53. The van der Waals surface area contributed by atoms with Gasteiger partial charge in [0.15, 0.2) is 0 Å². The van der Waals surface area contributed by atoms with Gasteiger partial charge in [0.25, 0.3) is 0 Å². The number of aromatic nitrogens is 2. The second kappa shape index (κ2) is 7.81. The van der Waals surface area contributed by atoms with E-state index in [-0.39, 0.29) is 17.6 Å². The van der Waals surface area contributed by atoms with E-state index < -0.39 is 0 Å². The van der Waals surface area contributed by atoms with Crippen molar-refractivity contribution in [2.24, 2.45) is 5.92 Å². The number of halogens is 1. The number of aryl methyl sites for hydroxylation is 3. The second-order valence-corrected chi connectivity index (χ2v) is 7.69. The maximum absolute atomic E-state index is 13.3. The van der Waals surface area contributed by atoms with Gasteiger partial charge in [0, 0.05) is 25.2 Å². The Morgan fingerprint density at radius 2 is 2.14 bits per heavy atom. The number of amides is 1. The number of carbonyl (C=O) groups is 1. The van der Waals surface area contributed by atoms with Crippen molar-refractivity contribution in [2.75, 3.05) is 18.0 Å². The van der Waals surface area contributed by atoms with Gasteiger partial charge in [-0.05, 0) is 51.3 Å². The van der Waals surface area contributed by atoms with Crippen LogP contribution >= 0.6 is 0 Å². The van der Waals surface area contributed by atoms with Crippen LogP contribution < -0.4 is 10.2 Å². The lowest BCUT2D eigenvalue weighted by molar-refractivity contribution is -0.125. The molecule has 0 bridgehead atoms. The fraction of sp³-hybridized carbons (Fsp3) is 0.409. The molecule has 0 aliphatic carbocycles. The van der Waals surface area contributed by atoms with E-state index in [4.69, 9.17) is 4.42 Å². The SMILES string of the molecule is Cc1nc(N2CCC[C@H](C(=O)NCc3cccc(F)c3)C2)c2c(C)c(C)oc2n1. The van der Waals surface area contributed by atoms with E-state index in [0.29, 0.717) is 24.6 Å². The maximum atomic E-state index is 13.3. The third-order valence-corrected chi connectivity index (χ3v) is 5.57. The van der Waals surface area contributed by atoms with Crippen molar-refractivity contribution in [3.05, 3.63) is 52.8 Å². The molecule has 3 aromatic rings. The van der Waals surface area contributed by atoms with Gasteiger partial charge >= 0.3 is 0 Å². The lowest BCUT2D eigenvalue weighted by Gasteiger charge is -2.33. The smallest absolute Gasteiger partial charge is 0.231 e. The predicted octanol–water partition coefficient (Wildman–Crippen LogP) is 3.82. The van der Waals surface area contributed by atoms with E-state index in [9.17, 15) is 9.18 Å². The summed E-state index contributed by atoms with van der Waals surface area (Å²) < 4.78 is 19.1. The first kappa shape index (κ1) is 19.4. The number of carbonyl (C=O) groups excluding carboxylic acids is 1. The number of benzene rings is 1. The number of anilines is 1. The van der Waals surface area contributed by atoms with Crippen LogP contribution in [-0.4, -0.2) is 29.0 Å². The zero-order chi connectivity index (χ0) is 20.5. The molecular weight excluding hydrogens is 371 g/mol. The topological polar surface area (TPSA) is 71.3 Å². The van der Waals surface area contributed by atoms with Gasteiger partial charge in [0.05, 0.1) is 11.3 Å². The molecule has 1 amide bonds. The molecule has 0 radical (unpaired) electrons. The average molecular weight is 396 g/mol. The summed E-state index contributed by atoms with van der Waals surface area (Å²) in [5.74, 6) is 1.87. The van der Waals surface area contributed by atoms with Crippen LogP contribution in [0.4, 0.5) is 10.2 Å². The van der Waals surface area contributed by atoms with E-state index in [2.05, 4.69) is 20.2 Å². The van der Waals surface area contributed by atoms with E-state index in [1.165, 1.54) is 12.1 Å². The van der Waals surface area contributed by atoms with Gasteiger partial charge in [-0.25, -0.2) is 9.37 Å². The van der Waals surface area contributed by atoms with Crippen LogP contribution in [0.3, 0.4) is 0 Å². The first-order valence-electron chi connectivity index (χ1n) is 9.94. The van der Waals surface area contributed by atoms with Gasteiger partial charge in [0.2, 0.25) is 11.6 Å². The van der Waals surface area contributed by atoms with Crippen molar-refractivity contribution < 1.29 is 13.6 Å². The zero-order valence-corrected chi connectivity index (χ0v) is 17.0. The largest absolute Gasteiger partial charge is 0.443 e. The molecule has 2 aromatic heterocycles. The predicted molar refractivity (Wildman–Crippen MR) is 109 cm³/mol. The van der Waals surface area contributed by atoms with E-state index in [1.54, 1.807) is 12.1 Å². The Labute approximate surface area is 169 Å². The third-order valence-electron chi connectivity index (χ3n) is 5.57. The third kappa shape index (κ3) is 3.95. The summed E-state index contributed by atoms with van der Waals surface area (Å²) in [7, 11) is 0. The molecule has 0 spiro atoms. The highest BCUT2D eigenvalue weighted by Gasteiger charge is 2.29. The number of nitrogens with zero attached hydrogens (tertiary/aromatic N) is 3. The van der Waals surface area contributed by atoms with E-state index >= 15 is 0 Å². The monoisotopic (exact) mass is 396 g/mol. The molecule has 1 aromatic carbocycles. The zero-order valence-electron chi connectivity index (χ0n) is 17.0. The lowest BCUT2D eigenvalue weighted by atomic mass is 9.96. The Kier molecular flexibility index (Phi) is 5.22. The number of furan rings is 1. The number of piperidine rings is 1. The van der Waals surface area contributed by atoms with Gasteiger partial charge in [-0.2, -0.15) is 4.98 Å². The average Bonchev–Trinajstić information content (AvgIpc) is 2.99. The van der Waals surface area contributed by atoms with Gasteiger partial charge in [-0.1, -0.05) is 12.1 Å². The van der Waals surface area contributed by atoms with Crippen LogP contribution in [0.25, 0.3) is 11.1 Å². The summed E-state index contributed by atoms with van der Waals surface area (Å²) in [6, 6.07) is 6.30. The number of rotatable bonds is 4. The molecular formula is C22H25FN4O2. The molecule has 1 fully saturated rings. The Bertz CT molecular complexity index is 1060. The van der Waals surface area contributed by atoms with Crippen LogP contribution in [0.15, 0.2) is 28.7 Å². The number of fused-ring (bicyclic) bond motifs is 1. The summed E-state index contributed by atoms with van der Waals surface area (Å²) in [6.07, 6.45) is 1.72. The van der Waals surface area contributed by atoms with Crippen molar-refractivity contribution in [2.45, 2.75) is 40.2 Å². The van der Waals surface area contributed by atoms with Crippen molar-refractivity contribution in [3.63, 3.8) is 0 Å². The molecule has 4 rings (SSSR count). The molecule has 29 heavy (non-hydrogen) atoms. The van der Waals surface area contributed by atoms with Crippen LogP contribution in [0.1, 0.15) is 35.6 Å². The van der Waals surface area contributed by atoms with Crippen molar-refractivity contribution in [1.29, 1.82) is 0 Å².